The van der Waals surface area contributed by atoms with Gasteiger partial charge in [-0.05, 0) is 61.8 Å². The number of aromatic nitrogens is 2. The van der Waals surface area contributed by atoms with Gasteiger partial charge in [0.2, 0.25) is 5.89 Å². The van der Waals surface area contributed by atoms with Crippen LogP contribution in [0.3, 0.4) is 0 Å². The van der Waals surface area contributed by atoms with Crippen LogP contribution in [0.5, 0.6) is 0 Å². The third kappa shape index (κ3) is 4.44. The van der Waals surface area contributed by atoms with Gasteiger partial charge in [-0.15, -0.1) is 5.10 Å². The predicted octanol–water partition coefficient (Wildman–Crippen LogP) is 3.27. The molecule has 2 rings (SSSR count). The number of thioether (sulfide) groups is 1. The van der Waals surface area contributed by atoms with Gasteiger partial charge < -0.3 is 9.73 Å². The standard InChI is InChI=1S/C14H17N3O2S2/c1-9(7-8-21-2)15-12(18)10-3-5-11(6-4-10)13-16-17-14(20)19-13/h3-6,9H,7-8H2,1-2H3,(H,15,18)(H,17,20)/t9-/m0/s1. The summed E-state index contributed by atoms with van der Waals surface area (Å²) in [6, 6.07) is 7.23. The lowest BCUT2D eigenvalue weighted by Crippen LogP contribution is -2.32. The van der Waals surface area contributed by atoms with Gasteiger partial charge in [-0.2, -0.15) is 11.8 Å². The SMILES string of the molecule is CSCC[C@H](C)NC(=O)c1ccc(-c2n[nH]c(=S)o2)cc1. The van der Waals surface area contributed by atoms with Crippen molar-refractivity contribution in [3.05, 3.63) is 34.7 Å². The summed E-state index contributed by atoms with van der Waals surface area (Å²) in [5, 5.41) is 9.49. The van der Waals surface area contributed by atoms with E-state index in [0.29, 0.717) is 11.5 Å². The zero-order valence-electron chi connectivity index (χ0n) is 11.9. The van der Waals surface area contributed by atoms with Crippen LogP contribution < -0.4 is 5.32 Å². The van der Waals surface area contributed by atoms with Crippen molar-refractivity contribution >= 4 is 29.9 Å². The summed E-state index contributed by atoms with van der Waals surface area (Å²) >= 11 is 6.61. The molecule has 0 fully saturated rings. The van der Waals surface area contributed by atoms with E-state index in [1.54, 1.807) is 36.0 Å². The molecule has 0 radical (unpaired) electrons. The minimum absolute atomic E-state index is 0.0712. The van der Waals surface area contributed by atoms with Crippen LogP contribution in [0.25, 0.3) is 11.5 Å². The Hall–Kier alpha value is -1.60. The van der Waals surface area contributed by atoms with Gasteiger partial charge in [-0.1, -0.05) is 0 Å². The highest BCUT2D eigenvalue weighted by Gasteiger charge is 2.10. The summed E-state index contributed by atoms with van der Waals surface area (Å²) in [5.41, 5.74) is 1.39. The van der Waals surface area contributed by atoms with Gasteiger partial charge in [-0.3, -0.25) is 4.79 Å². The van der Waals surface area contributed by atoms with E-state index in [4.69, 9.17) is 16.6 Å². The van der Waals surface area contributed by atoms with Crippen molar-refractivity contribution < 1.29 is 9.21 Å². The molecule has 21 heavy (non-hydrogen) atoms. The number of carbonyl (C=O) groups is 1. The summed E-state index contributed by atoms with van der Waals surface area (Å²) < 4.78 is 5.22. The van der Waals surface area contributed by atoms with Crippen molar-refractivity contribution in [3.63, 3.8) is 0 Å². The second-order valence-corrected chi connectivity index (χ2v) is 6.01. The van der Waals surface area contributed by atoms with E-state index in [1.807, 2.05) is 6.92 Å². The second-order valence-electron chi connectivity index (χ2n) is 4.65. The van der Waals surface area contributed by atoms with E-state index in [0.717, 1.165) is 17.7 Å². The molecule has 0 saturated carbocycles. The van der Waals surface area contributed by atoms with Gasteiger partial charge in [0.15, 0.2) is 0 Å². The zero-order valence-corrected chi connectivity index (χ0v) is 13.5. The molecule has 2 N–H and O–H groups in total. The molecular weight excluding hydrogens is 306 g/mol. The van der Waals surface area contributed by atoms with Gasteiger partial charge in [-0.25, -0.2) is 5.10 Å². The molecule has 1 amide bonds. The van der Waals surface area contributed by atoms with Crippen LogP contribution in [-0.2, 0) is 0 Å². The second kappa shape index (κ2) is 7.42. The topological polar surface area (TPSA) is 70.9 Å². The molecule has 2 aromatic rings. The number of amides is 1. The fourth-order valence-electron chi connectivity index (χ4n) is 1.79. The fraction of sp³-hybridized carbons (Fsp3) is 0.357. The highest BCUT2D eigenvalue weighted by Crippen LogP contribution is 2.17. The molecule has 0 aliphatic carbocycles. The van der Waals surface area contributed by atoms with Crippen LogP contribution >= 0.6 is 24.0 Å². The maximum atomic E-state index is 12.1. The lowest BCUT2D eigenvalue weighted by molar-refractivity contribution is 0.0939. The first kappa shape index (κ1) is 15.8. The number of benzene rings is 1. The molecule has 0 spiro atoms. The van der Waals surface area contributed by atoms with Gasteiger partial charge in [0, 0.05) is 17.2 Å². The van der Waals surface area contributed by atoms with E-state index >= 15 is 0 Å². The third-order valence-electron chi connectivity index (χ3n) is 2.96. The van der Waals surface area contributed by atoms with E-state index in [2.05, 4.69) is 21.8 Å². The van der Waals surface area contributed by atoms with Crippen LogP contribution in [0.4, 0.5) is 0 Å². The molecule has 0 aliphatic heterocycles. The first-order valence-electron chi connectivity index (χ1n) is 6.56. The lowest BCUT2D eigenvalue weighted by atomic mass is 10.1. The molecule has 112 valence electrons. The summed E-state index contributed by atoms with van der Waals surface area (Å²) in [5.74, 6) is 1.38. The van der Waals surface area contributed by atoms with Crippen molar-refractivity contribution in [3.8, 4) is 11.5 Å². The molecule has 0 bridgehead atoms. The van der Waals surface area contributed by atoms with E-state index in [9.17, 15) is 4.79 Å². The third-order valence-corrected chi connectivity index (χ3v) is 3.78. The highest BCUT2D eigenvalue weighted by molar-refractivity contribution is 7.98. The van der Waals surface area contributed by atoms with Gasteiger partial charge in [0.25, 0.3) is 10.7 Å². The highest BCUT2D eigenvalue weighted by atomic mass is 32.2. The van der Waals surface area contributed by atoms with Crippen LogP contribution in [0.15, 0.2) is 28.7 Å². The Bertz CT molecular complexity index is 649. The molecule has 7 heteroatoms. The normalized spacial score (nSPS) is 12.1. The number of nitrogens with zero attached hydrogens (tertiary/aromatic N) is 1. The molecule has 1 heterocycles. The summed E-state index contributed by atoms with van der Waals surface area (Å²) in [4.78, 5) is 12.3. The van der Waals surface area contributed by atoms with Crippen molar-refractivity contribution in [1.82, 2.24) is 15.5 Å². The van der Waals surface area contributed by atoms with Crippen molar-refractivity contribution in [1.29, 1.82) is 0 Å². The van der Waals surface area contributed by atoms with Crippen molar-refractivity contribution in [2.45, 2.75) is 19.4 Å². The monoisotopic (exact) mass is 323 g/mol. The number of H-pyrrole nitrogens is 1. The summed E-state index contributed by atoms with van der Waals surface area (Å²) in [7, 11) is 0. The average Bonchev–Trinajstić information content (AvgIpc) is 2.92. The number of hydrogen-bond donors (Lipinski definition) is 2. The van der Waals surface area contributed by atoms with E-state index < -0.39 is 0 Å². The van der Waals surface area contributed by atoms with Crippen molar-refractivity contribution in [2.24, 2.45) is 0 Å². The molecule has 1 atom stereocenters. The largest absolute Gasteiger partial charge is 0.409 e. The Labute approximate surface area is 132 Å². The van der Waals surface area contributed by atoms with Crippen LogP contribution in [0.1, 0.15) is 23.7 Å². The number of aromatic amines is 1. The Morgan fingerprint density at radius 1 is 1.48 bits per heavy atom. The number of hydrogen-bond acceptors (Lipinski definition) is 5. The Kier molecular flexibility index (Phi) is 5.58. The van der Waals surface area contributed by atoms with Crippen LogP contribution in [-0.4, -0.2) is 34.2 Å². The van der Waals surface area contributed by atoms with Gasteiger partial charge in [0.05, 0.1) is 0 Å². The predicted molar refractivity (Wildman–Crippen MR) is 87.1 cm³/mol. The molecule has 0 unspecified atom stereocenters. The molecule has 1 aromatic carbocycles. The maximum Gasteiger partial charge on any atom is 0.284 e. The fourth-order valence-corrected chi connectivity index (χ4v) is 2.51. The molecule has 1 aromatic heterocycles. The molecule has 5 nitrogen and oxygen atoms in total. The molecule has 0 saturated heterocycles. The first-order chi connectivity index (χ1) is 10.1. The smallest absolute Gasteiger partial charge is 0.284 e. The first-order valence-corrected chi connectivity index (χ1v) is 8.36. The quantitative estimate of drug-likeness (QED) is 0.798. The maximum absolute atomic E-state index is 12.1. The number of rotatable bonds is 6. The molecule has 0 aliphatic rings. The molecular formula is C14H17N3O2S2. The Balaban J connectivity index is 2.01. The minimum atomic E-state index is -0.0712. The van der Waals surface area contributed by atoms with E-state index in [-0.39, 0.29) is 16.8 Å². The van der Waals surface area contributed by atoms with Gasteiger partial charge >= 0.3 is 0 Å². The zero-order chi connectivity index (χ0) is 15.2. The summed E-state index contributed by atoms with van der Waals surface area (Å²) in [6.07, 6.45) is 3.01. The van der Waals surface area contributed by atoms with Gasteiger partial charge in [0.1, 0.15) is 0 Å². The van der Waals surface area contributed by atoms with E-state index in [1.165, 1.54) is 0 Å². The number of nitrogens with one attached hydrogen (secondary N) is 2. The van der Waals surface area contributed by atoms with Crippen molar-refractivity contribution in [2.75, 3.05) is 12.0 Å². The minimum Gasteiger partial charge on any atom is -0.409 e. The average molecular weight is 323 g/mol. The Morgan fingerprint density at radius 3 is 2.76 bits per heavy atom. The van der Waals surface area contributed by atoms with Crippen LogP contribution in [0, 0.1) is 4.84 Å². The lowest BCUT2D eigenvalue weighted by Gasteiger charge is -2.13. The summed E-state index contributed by atoms with van der Waals surface area (Å²) in [6.45, 7) is 2.01. The number of carbonyl (C=O) groups excluding carboxylic acids is 1. The Morgan fingerprint density at radius 2 is 2.19 bits per heavy atom. The van der Waals surface area contributed by atoms with Crippen LogP contribution in [0.2, 0.25) is 0 Å².